The van der Waals surface area contributed by atoms with Gasteiger partial charge in [0.25, 0.3) is 10.1 Å². The summed E-state index contributed by atoms with van der Waals surface area (Å²) < 4.78 is 52.8. The van der Waals surface area contributed by atoms with Crippen LogP contribution in [0.1, 0.15) is 53.3 Å². The van der Waals surface area contributed by atoms with E-state index in [1.807, 2.05) is 20.0 Å². The normalized spacial score (nSPS) is 27.7. The van der Waals surface area contributed by atoms with Gasteiger partial charge in [-0.15, -0.1) is 0 Å². The number of nitrogens with two attached hydrogens (primary N) is 1. The lowest BCUT2D eigenvalue weighted by molar-refractivity contribution is -0.0562. The summed E-state index contributed by atoms with van der Waals surface area (Å²) in [6.45, 7) is 22.6. The molecule has 0 amide bonds. The van der Waals surface area contributed by atoms with Crippen molar-refractivity contribution in [2.75, 3.05) is 19.0 Å². The Bertz CT molecular complexity index is 1300. The van der Waals surface area contributed by atoms with Crippen molar-refractivity contribution in [1.82, 2.24) is 9.55 Å². The molecule has 1 aromatic rings. The lowest BCUT2D eigenvalue weighted by Crippen LogP contribution is -2.59. The van der Waals surface area contributed by atoms with Crippen LogP contribution in [0.15, 0.2) is 22.1 Å². The fourth-order valence-electron chi connectivity index (χ4n) is 4.22. The van der Waals surface area contributed by atoms with Crippen LogP contribution in [0.5, 0.6) is 0 Å². The summed E-state index contributed by atoms with van der Waals surface area (Å²) in [6.07, 6.45) is -1.49. The maximum Gasteiger partial charge on any atom is 0.351 e. The molecular weight excluding hydrogens is 557 g/mol. The van der Waals surface area contributed by atoms with E-state index in [2.05, 4.69) is 64.9 Å². The third kappa shape index (κ3) is 5.79. The van der Waals surface area contributed by atoms with E-state index in [1.54, 1.807) is 13.2 Å². The standard InChI is InChI=1S/C25H46N4O7SSi2/c1-16-13-29(22(30)28-20(16)27-8)21-19(35-39(11,12)24(5,6)7)25(17(26)15-37(31,32)36-25)18(34-21)14-33-38(9,10)23(2,3)4/h13,15,18-19,21H,14,26H2,1-12H3,(H,27,28,30)/t18?,19-,21+,25?/m0/s1. The van der Waals surface area contributed by atoms with Gasteiger partial charge in [-0.25, -0.2) is 8.98 Å². The summed E-state index contributed by atoms with van der Waals surface area (Å²) in [4.78, 5) is 17.4. The van der Waals surface area contributed by atoms with E-state index in [-0.39, 0.29) is 22.4 Å². The molecule has 0 saturated carbocycles. The second-order valence-corrected chi connectivity index (χ2v) is 24.5. The van der Waals surface area contributed by atoms with Gasteiger partial charge < -0.3 is 24.6 Å². The fourth-order valence-corrected chi connectivity index (χ4v) is 7.72. The number of hydrogen-bond donors (Lipinski definition) is 2. The highest BCUT2D eigenvalue weighted by Crippen LogP contribution is 2.52. The smallest absolute Gasteiger partial charge is 0.351 e. The van der Waals surface area contributed by atoms with Crippen LogP contribution in [0.4, 0.5) is 5.82 Å². The van der Waals surface area contributed by atoms with Crippen molar-refractivity contribution in [2.45, 2.75) is 109 Å². The molecule has 222 valence electrons. The van der Waals surface area contributed by atoms with Gasteiger partial charge >= 0.3 is 5.69 Å². The van der Waals surface area contributed by atoms with E-state index >= 15 is 0 Å². The van der Waals surface area contributed by atoms with Gasteiger partial charge in [0.1, 0.15) is 18.0 Å². The molecule has 1 saturated heterocycles. The van der Waals surface area contributed by atoms with Crippen molar-refractivity contribution in [3.8, 4) is 0 Å². The van der Waals surface area contributed by atoms with Gasteiger partial charge in [0.05, 0.1) is 17.7 Å². The average Bonchev–Trinajstić information content (AvgIpc) is 3.18. The van der Waals surface area contributed by atoms with Crippen molar-refractivity contribution in [1.29, 1.82) is 0 Å². The Morgan fingerprint density at radius 3 is 2.15 bits per heavy atom. The first-order chi connectivity index (χ1) is 17.5. The van der Waals surface area contributed by atoms with Crippen LogP contribution in [0.25, 0.3) is 0 Å². The Balaban J connectivity index is 2.24. The van der Waals surface area contributed by atoms with Crippen LogP contribution in [-0.2, 0) is 27.9 Å². The molecule has 0 bridgehead atoms. The van der Waals surface area contributed by atoms with Gasteiger partial charge in [0, 0.05) is 18.8 Å². The van der Waals surface area contributed by atoms with Gasteiger partial charge in [0.15, 0.2) is 28.5 Å². The highest BCUT2D eigenvalue weighted by molar-refractivity contribution is 7.90. The Kier molecular flexibility index (Phi) is 8.25. The van der Waals surface area contributed by atoms with Crippen molar-refractivity contribution in [3.63, 3.8) is 0 Å². The number of nitrogens with one attached hydrogen (secondary N) is 1. The minimum Gasteiger partial charge on any atom is -0.414 e. The van der Waals surface area contributed by atoms with E-state index in [9.17, 15) is 13.2 Å². The number of nitrogens with zero attached hydrogens (tertiary/aromatic N) is 2. The number of rotatable bonds is 7. The highest BCUT2D eigenvalue weighted by Gasteiger charge is 2.67. The molecule has 14 heteroatoms. The van der Waals surface area contributed by atoms with Gasteiger partial charge in [0.2, 0.25) is 0 Å². The second-order valence-electron chi connectivity index (χ2n) is 13.5. The predicted molar refractivity (Wildman–Crippen MR) is 157 cm³/mol. The average molecular weight is 603 g/mol. The Hall–Kier alpha value is -1.56. The van der Waals surface area contributed by atoms with E-state index in [0.717, 1.165) is 5.41 Å². The molecule has 1 spiro atoms. The minimum atomic E-state index is -4.15. The van der Waals surface area contributed by atoms with Crippen molar-refractivity contribution in [2.24, 2.45) is 5.73 Å². The molecule has 11 nitrogen and oxygen atoms in total. The lowest BCUT2D eigenvalue weighted by atomic mass is 9.89. The molecule has 4 atom stereocenters. The number of anilines is 1. The van der Waals surface area contributed by atoms with Crippen LogP contribution >= 0.6 is 0 Å². The van der Waals surface area contributed by atoms with Gasteiger partial charge in [-0.2, -0.15) is 13.4 Å². The largest absolute Gasteiger partial charge is 0.414 e. The molecular formula is C25H46N4O7SSi2. The first kappa shape index (κ1) is 32.0. The molecule has 2 unspecified atom stereocenters. The zero-order valence-electron chi connectivity index (χ0n) is 25.3. The monoisotopic (exact) mass is 602 g/mol. The van der Waals surface area contributed by atoms with E-state index in [4.69, 9.17) is 23.5 Å². The summed E-state index contributed by atoms with van der Waals surface area (Å²) in [5.74, 6) is 0.433. The maximum atomic E-state index is 13.3. The first-order valence-corrected chi connectivity index (χ1v) is 20.5. The fraction of sp³-hybridized carbons (Fsp3) is 0.760. The highest BCUT2D eigenvalue weighted by atomic mass is 32.2. The summed E-state index contributed by atoms with van der Waals surface area (Å²) >= 11 is 0. The van der Waals surface area contributed by atoms with Gasteiger partial charge in [-0.1, -0.05) is 41.5 Å². The van der Waals surface area contributed by atoms with Crippen LogP contribution in [-0.4, -0.2) is 66.1 Å². The summed E-state index contributed by atoms with van der Waals surface area (Å²) in [6, 6.07) is 0. The van der Waals surface area contributed by atoms with E-state index < -0.39 is 56.5 Å². The van der Waals surface area contributed by atoms with E-state index in [1.165, 1.54) is 4.57 Å². The number of aryl methyl sites for hydroxylation is 1. The Morgan fingerprint density at radius 2 is 1.69 bits per heavy atom. The molecule has 0 aliphatic carbocycles. The SMILES string of the molecule is CNc1nc(=O)n([C@@H]2OC(CO[Si](C)(C)C(C)(C)C)C3(OS(=O)(=O)C=C3N)[C@H]2O[Si](C)(C)C(C)(C)C)cc1C. The molecule has 1 fully saturated rings. The zero-order chi connectivity index (χ0) is 30.0. The van der Waals surface area contributed by atoms with E-state index in [0.29, 0.717) is 11.4 Å². The zero-order valence-corrected chi connectivity index (χ0v) is 28.1. The third-order valence-corrected chi connectivity index (χ3v) is 18.7. The Labute approximate surface area is 234 Å². The van der Waals surface area contributed by atoms with Crippen LogP contribution in [0.2, 0.25) is 36.3 Å². The molecule has 1 aromatic heterocycles. The molecule has 0 aromatic carbocycles. The van der Waals surface area contributed by atoms with Crippen molar-refractivity contribution in [3.05, 3.63) is 33.3 Å². The maximum absolute atomic E-state index is 13.3. The third-order valence-electron chi connectivity index (χ3n) is 8.72. The first-order valence-electron chi connectivity index (χ1n) is 13.2. The molecule has 2 aliphatic rings. The minimum absolute atomic E-state index is 0.00414. The summed E-state index contributed by atoms with van der Waals surface area (Å²) in [5, 5.41) is 3.46. The second kappa shape index (κ2) is 10.1. The van der Waals surface area contributed by atoms with Gasteiger partial charge in [-0.3, -0.25) is 4.57 Å². The lowest BCUT2D eigenvalue weighted by Gasteiger charge is -2.43. The van der Waals surface area contributed by atoms with Crippen LogP contribution in [0, 0.1) is 6.92 Å². The number of hydrogen-bond acceptors (Lipinski definition) is 10. The molecule has 0 radical (unpaired) electrons. The van der Waals surface area contributed by atoms with Crippen LogP contribution in [0.3, 0.4) is 0 Å². The summed E-state index contributed by atoms with van der Waals surface area (Å²) in [7, 11) is -7.37. The molecule has 2 aliphatic heterocycles. The van der Waals surface area contributed by atoms with Crippen molar-refractivity contribution >= 4 is 32.6 Å². The Morgan fingerprint density at radius 1 is 1.13 bits per heavy atom. The molecule has 3 heterocycles. The number of ether oxygens (including phenoxy) is 1. The topological polar surface area (TPSA) is 144 Å². The summed E-state index contributed by atoms with van der Waals surface area (Å²) in [5.41, 5.74) is 4.85. The molecule has 3 N–H and O–H groups in total. The quantitative estimate of drug-likeness (QED) is 0.349. The van der Waals surface area contributed by atoms with Gasteiger partial charge in [-0.05, 0) is 43.2 Å². The molecule has 39 heavy (non-hydrogen) atoms. The molecule has 3 rings (SSSR count). The van der Waals surface area contributed by atoms with Crippen molar-refractivity contribution < 1.29 is 26.2 Å². The van der Waals surface area contributed by atoms with Crippen LogP contribution < -0.4 is 16.7 Å². The number of aromatic nitrogens is 2. The predicted octanol–water partition coefficient (Wildman–Crippen LogP) is 3.80.